The molecule has 2 rings (SSSR count). The summed E-state index contributed by atoms with van der Waals surface area (Å²) in [4.78, 5) is 11.5. The molecule has 1 aliphatic rings. The van der Waals surface area contributed by atoms with E-state index in [1.807, 2.05) is 0 Å². The molecule has 0 spiro atoms. The SMILES string of the molecule is CCCc1c(NCC)ncnc1N1CCC(C)CC1C. The lowest BCUT2D eigenvalue weighted by Gasteiger charge is -2.38. The largest absolute Gasteiger partial charge is 0.370 e. The van der Waals surface area contributed by atoms with Crippen molar-refractivity contribution in [1.29, 1.82) is 0 Å². The van der Waals surface area contributed by atoms with Gasteiger partial charge in [-0.05, 0) is 39.0 Å². The Hall–Kier alpha value is -1.32. The number of hydrogen-bond acceptors (Lipinski definition) is 4. The normalized spacial score (nSPS) is 22.9. The van der Waals surface area contributed by atoms with Crippen LogP contribution in [0.2, 0.25) is 0 Å². The van der Waals surface area contributed by atoms with E-state index in [-0.39, 0.29) is 0 Å². The van der Waals surface area contributed by atoms with Gasteiger partial charge in [-0.3, -0.25) is 0 Å². The predicted molar refractivity (Wildman–Crippen MR) is 85.4 cm³/mol. The fourth-order valence-electron chi connectivity index (χ4n) is 3.17. The van der Waals surface area contributed by atoms with Gasteiger partial charge in [0.25, 0.3) is 0 Å². The predicted octanol–water partition coefficient (Wildman–Crippen LogP) is 3.49. The van der Waals surface area contributed by atoms with E-state index in [9.17, 15) is 0 Å². The third kappa shape index (κ3) is 3.22. The molecule has 1 saturated heterocycles. The second kappa shape index (κ2) is 6.91. The molecule has 2 unspecified atom stereocenters. The molecule has 0 radical (unpaired) electrons. The molecule has 112 valence electrons. The van der Waals surface area contributed by atoms with Crippen LogP contribution in [0.1, 0.15) is 52.5 Å². The lowest BCUT2D eigenvalue weighted by atomic mass is 9.93. The topological polar surface area (TPSA) is 41.1 Å². The Morgan fingerprint density at radius 2 is 2.10 bits per heavy atom. The number of nitrogens with zero attached hydrogens (tertiary/aromatic N) is 3. The number of piperidine rings is 1. The van der Waals surface area contributed by atoms with E-state index in [1.165, 1.54) is 18.4 Å². The molecule has 0 amide bonds. The molecular formula is C16H28N4. The minimum atomic E-state index is 0.568. The third-order valence-corrected chi connectivity index (χ3v) is 4.18. The number of aromatic nitrogens is 2. The van der Waals surface area contributed by atoms with Gasteiger partial charge < -0.3 is 10.2 Å². The summed E-state index contributed by atoms with van der Waals surface area (Å²) in [5.74, 6) is 2.99. The quantitative estimate of drug-likeness (QED) is 0.894. The number of anilines is 2. The monoisotopic (exact) mass is 276 g/mol. The first kappa shape index (κ1) is 15.1. The van der Waals surface area contributed by atoms with E-state index >= 15 is 0 Å². The lowest BCUT2D eigenvalue weighted by Crippen LogP contribution is -2.41. The maximum atomic E-state index is 4.61. The van der Waals surface area contributed by atoms with Gasteiger partial charge in [-0.2, -0.15) is 0 Å². The highest BCUT2D eigenvalue weighted by atomic mass is 15.2. The number of rotatable bonds is 5. The van der Waals surface area contributed by atoms with E-state index in [1.54, 1.807) is 6.33 Å². The smallest absolute Gasteiger partial charge is 0.137 e. The molecule has 1 aromatic heterocycles. The zero-order valence-electron chi connectivity index (χ0n) is 13.3. The maximum Gasteiger partial charge on any atom is 0.137 e. The highest BCUT2D eigenvalue weighted by Crippen LogP contribution is 2.31. The van der Waals surface area contributed by atoms with Gasteiger partial charge in [0.2, 0.25) is 0 Å². The van der Waals surface area contributed by atoms with Crippen molar-refractivity contribution in [2.75, 3.05) is 23.3 Å². The van der Waals surface area contributed by atoms with Crippen molar-refractivity contribution in [3.05, 3.63) is 11.9 Å². The summed E-state index contributed by atoms with van der Waals surface area (Å²) in [5, 5.41) is 3.39. The van der Waals surface area contributed by atoms with Crippen LogP contribution in [0, 0.1) is 5.92 Å². The Kier molecular flexibility index (Phi) is 5.21. The molecule has 4 nitrogen and oxygen atoms in total. The Balaban J connectivity index is 2.32. The fraction of sp³-hybridized carbons (Fsp3) is 0.750. The van der Waals surface area contributed by atoms with Crippen molar-refractivity contribution in [3.8, 4) is 0 Å². The van der Waals surface area contributed by atoms with E-state index in [2.05, 4.69) is 47.9 Å². The molecule has 0 bridgehead atoms. The molecule has 20 heavy (non-hydrogen) atoms. The Morgan fingerprint density at radius 3 is 2.75 bits per heavy atom. The summed E-state index contributed by atoms with van der Waals surface area (Å²) >= 11 is 0. The van der Waals surface area contributed by atoms with Crippen LogP contribution in [0.4, 0.5) is 11.6 Å². The van der Waals surface area contributed by atoms with Crippen molar-refractivity contribution in [1.82, 2.24) is 9.97 Å². The van der Waals surface area contributed by atoms with Crippen LogP contribution in [-0.2, 0) is 6.42 Å². The van der Waals surface area contributed by atoms with E-state index in [0.29, 0.717) is 6.04 Å². The maximum absolute atomic E-state index is 4.61. The molecule has 0 saturated carbocycles. The Morgan fingerprint density at radius 1 is 1.30 bits per heavy atom. The highest BCUT2D eigenvalue weighted by molar-refractivity contribution is 5.59. The van der Waals surface area contributed by atoms with Crippen LogP contribution >= 0.6 is 0 Å². The average molecular weight is 276 g/mol. The first-order chi connectivity index (χ1) is 9.67. The van der Waals surface area contributed by atoms with Gasteiger partial charge in [-0.25, -0.2) is 9.97 Å². The highest BCUT2D eigenvalue weighted by Gasteiger charge is 2.26. The standard InChI is InChI=1S/C16H28N4/c1-5-7-14-15(17-6-2)18-11-19-16(14)20-9-8-12(3)10-13(20)4/h11-13H,5-10H2,1-4H3,(H,17,18,19). The van der Waals surface area contributed by atoms with Gasteiger partial charge in [0, 0.05) is 24.7 Å². The van der Waals surface area contributed by atoms with Crippen LogP contribution in [0.15, 0.2) is 6.33 Å². The van der Waals surface area contributed by atoms with Crippen LogP contribution in [0.25, 0.3) is 0 Å². The Labute approximate surface area is 123 Å². The molecule has 4 heteroatoms. The van der Waals surface area contributed by atoms with Gasteiger partial charge in [-0.1, -0.05) is 20.3 Å². The molecule has 1 fully saturated rings. The third-order valence-electron chi connectivity index (χ3n) is 4.18. The van der Waals surface area contributed by atoms with E-state index in [0.717, 1.165) is 43.5 Å². The Bertz CT molecular complexity index is 432. The number of nitrogens with one attached hydrogen (secondary N) is 1. The second-order valence-corrected chi connectivity index (χ2v) is 5.98. The zero-order chi connectivity index (χ0) is 14.5. The van der Waals surface area contributed by atoms with Crippen LogP contribution in [-0.4, -0.2) is 29.1 Å². The summed E-state index contributed by atoms with van der Waals surface area (Å²) in [7, 11) is 0. The van der Waals surface area contributed by atoms with Crippen LogP contribution in [0.5, 0.6) is 0 Å². The van der Waals surface area contributed by atoms with Crippen molar-refractivity contribution in [2.45, 2.75) is 59.4 Å². The molecule has 0 aromatic carbocycles. The molecule has 1 N–H and O–H groups in total. The zero-order valence-corrected chi connectivity index (χ0v) is 13.3. The molecule has 2 heterocycles. The fourth-order valence-corrected chi connectivity index (χ4v) is 3.17. The van der Waals surface area contributed by atoms with Gasteiger partial charge in [-0.15, -0.1) is 0 Å². The molecule has 1 aliphatic heterocycles. The lowest BCUT2D eigenvalue weighted by molar-refractivity contribution is 0.375. The van der Waals surface area contributed by atoms with Gasteiger partial charge in [0.1, 0.15) is 18.0 Å². The van der Waals surface area contributed by atoms with Crippen molar-refractivity contribution in [2.24, 2.45) is 5.92 Å². The van der Waals surface area contributed by atoms with Gasteiger partial charge in [0.15, 0.2) is 0 Å². The first-order valence-electron chi connectivity index (χ1n) is 8.01. The van der Waals surface area contributed by atoms with Gasteiger partial charge >= 0.3 is 0 Å². The van der Waals surface area contributed by atoms with Gasteiger partial charge in [0.05, 0.1) is 0 Å². The summed E-state index contributed by atoms with van der Waals surface area (Å²) in [6.45, 7) is 11.0. The molecule has 1 aromatic rings. The summed E-state index contributed by atoms with van der Waals surface area (Å²) < 4.78 is 0. The summed E-state index contributed by atoms with van der Waals surface area (Å²) in [5.41, 5.74) is 1.29. The molecular weight excluding hydrogens is 248 g/mol. The molecule has 0 aliphatic carbocycles. The summed E-state index contributed by atoms with van der Waals surface area (Å²) in [6, 6.07) is 0.568. The number of hydrogen-bond donors (Lipinski definition) is 1. The van der Waals surface area contributed by atoms with E-state index in [4.69, 9.17) is 0 Å². The van der Waals surface area contributed by atoms with Crippen molar-refractivity contribution in [3.63, 3.8) is 0 Å². The van der Waals surface area contributed by atoms with Crippen molar-refractivity contribution < 1.29 is 0 Å². The van der Waals surface area contributed by atoms with E-state index < -0.39 is 0 Å². The van der Waals surface area contributed by atoms with Crippen LogP contribution in [0.3, 0.4) is 0 Å². The van der Waals surface area contributed by atoms with Crippen molar-refractivity contribution >= 4 is 11.6 Å². The minimum Gasteiger partial charge on any atom is -0.370 e. The second-order valence-electron chi connectivity index (χ2n) is 5.98. The average Bonchev–Trinajstić information content (AvgIpc) is 2.42. The summed E-state index contributed by atoms with van der Waals surface area (Å²) in [6.07, 6.45) is 6.38. The minimum absolute atomic E-state index is 0.568. The molecule has 2 atom stereocenters. The van der Waals surface area contributed by atoms with Crippen LogP contribution < -0.4 is 10.2 Å². The first-order valence-corrected chi connectivity index (χ1v) is 8.01.